The zero-order valence-corrected chi connectivity index (χ0v) is 21.0. The first kappa shape index (κ1) is 22.4. The van der Waals surface area contributed by atoms with Crippen LogP contribution in [0.5, 0.6) is 5.75 Å². The third-order valence-corrected chi connectivity index (χ3v) is 7.66. The first-order chi connectivity index (χ1) is 16.8. The van der Waals surface area contributed by atoms with Crippen LogP contribution in [0.1, 0.15) is 70.1 Å². The van der Waals surface area contributed by atoms with E-state index in [1.165, 1.54) is 46.0 Å². The Kier molecular flexibility index (Phi) is 5.28. The maximum absolute atomic E-state index is 12.5. The molecule has 1 aromatic heterocycles. The van der Waals surface area contributed by atoms with E-state index in [1.807, 2.05) is 31.9 Å². The van der Waals surface area contributed by atoms with Gasteiger partial charge in [0.1, 0.15) is 17.0 Å². The van der Waals surface area contributed by atoms with Crippen molar-refractivity contribution in [2.75, 3.05) is 13.1 Å². The van der Waals surface area contributed by atoms with Crippen LogP contribution in [0.2, 0.25) is 0 Å². The van der Waals surface area contributed by atoms with Gasteiger partial charge in [0, 0.05) is 43.4 Å². The zero-order chi connectivity index (χ0) is 24.2. The van der Waals surface area contributed by atoms with Crippen LogP contribution in [-0.2, 0) is 11.2 Å². The fraction of sp³-hybridized carbons (Fsp3) is 0.467. The summed E-state index contributed by atoms with van der Waals surface area (Å²) in [6, 6.07) is 15.5. The number of pyridine rings is 1. The summed E-state index contributed by atoms with van der Waals surface area (Å²) >= 11 is 0. The number of aryl methyl sites for hydroxylation is 1. The summed E-state index contributed by atoms with van der Waals surface area (Å²) in [6.45, 7) is 7.08. The number of fused-ring (bicyclic) bond motifs is 2. The van der Waals surface area contributed by atoms with E-state index >= 15 is 0 Å². The molecule has 2 aromatic carbocycles. The first-order valence-electron chi connectivity index (χ1n) is 13.0. The van der Waals surface area contributed by atoms with E-state index in [0.29, 0.717) is 19.0 Å². The number of rotatable bonds is 2. The lowest BCUT2D eigenvalue weighted by molar-refractivity contribution is -0.0272. The van der Waals surface area contributed by atoms with Crippen molar-refractivity contribution in [1.82, 2.24) is 9.88 Å². The van der Waals surface area contributed by atoms with Crippen LogP contribution >= 0.6 is 0 Å². The number of hydrogen-bond donors (Lipinski definition) is 0. The van der Waals surface area contributed by atoms with Gasteiger partial charge in [-0.05, 0) is 92.8 Å². The SMILES string of the molecule is CC(C)(C)OC(=O)N1CCC2(CCc3cc(-c4ccc5c(C6CC6)nccc5c4)ccc3O2)CC1. The lowest BCUT2D eigenvalue weighted by Crippen LogP contribution is -2.52. The Balaban J connectivity index is 1.17. The third kappa shape index (κ3) is 4.49. The van der Waals surface area contributed by atoms with Gasteiger partial charge in [0.2, 0.25) is 0 Å². The van der Waals surface area contributed by atoms with E-state index in [9.17, 15) is 4.79 Å². The second-order valence-corrected chi connectivity index (χ2v) is 11.5. The van der Waals surface area contributed by atoms with Crippen LogP contribution in [0.4, 0.5) is 4.79 Å². The molecule has 3 aliphatic rings. The summed E-state index contributed by atoms with van der Waals surface area (Å²) in [5, 5.41) is 2.56. The number of likely N-dealkylation sites (tertiary alicyclic amines) is 1. The quantitative estimate of drug-likeness (QED) is 0.410. The molecular weight excluding hydrogens is 436 g/mol. The molecule has 5 nitrogen and oxygen atoms in total. The van der Waals surface area contributed by atoms with Crippen molar-refractivity contribution < 1.29 is 14.3 Å². The van der Waals surface area contributed by atoms with Gasteiger partial charge in [0.05, 0.1) is 5.69 Å². The highest BCUT2D eigenvalue weighted by Gasteiger charge is 2.41. The predicted octanol–water partition coefficient (Wildman–Crippen LogP) is 6.87. The largest absolute Gasteiger partial charge is 0.487 e. The molecule has 0 bridgehead atoms. The van der Waals surface area contributed by atoms with E-state index in [0.717, 1.165) is 31.4 Å². The van der Waals surface area contributed by atoms with E-state index in [4.69, 9.17) is 9.47 Å². The van der Waals surface area contributed by atoms with E-state index < -0.39 is 5.60 Å². The lowest BCUT2D eigenvalue weighted by atomic mass is 9.82. The molecule has 1 aliphatic carbocycles. The molecule has 182 valence electrons. The van der Waals surface area contributed by atoms with E-state index in [2.05, 4.69) is 47.4 Å². The summed E-state index contributed by atoms with van der Waals surface area (Å²) in [7, 11) is 0. The molecule has 35 heavy (non-hydrogen) atoms. The molecule has 2 fully saturated rings. The highest BCUT2D eigenvalue weighted by Crippen LogP contribution is 2.43. The minimum atomic E-state index is -0.467. The van der Waals surface area contributed by atoms with Gasteiger partial charge < -0.3 is 14.4 Å². The molecule has 1 spiro atoms. The Labute approximate surface area is 207 Å². The Morgan fingerprint density at radius 1 is 1.03 bits per heavy atom. The normalized spacial score (nSPS) is 19.3. The van der Waals surface area contributed by atoms with Gasteiger partial charge in [0.15, 0.2) is 0 Å². The van der Waals surface area contributed by atoms with Gasteiger partial charge >= 0.3 is 6.09 Å². The maximum atomic E-state index is 12.5. The van der Waals surface area contributed by atoms with Crippen LogP contribution in [0.25, 0.3) is 21.9 Å². The summed E-state index contributed by atoms with van der Waals surface area (Å²) in [5.74, 6) is 1.64. The molecule has 3 aromatic rings. The number of hydrogen-bond acceptors (Lipinski definition) is 4. The number of aromatic nitrogens is 1. The maximum Gasteiger partial charge on any atom is 0.410 e. The molecule has 5 heteroatoms. The molecule has 1 amide bonds. The molecular formula is C30H34N2O3. The molecule has 2 aliphatic heterocycles. The Hall–Kier alpha value is -3.08. The molecule has 6 rings (SSSR count). The Morgan fingerprint density at radius 2 is 1.77 bits per heavy atom. The topological polar surface area (TPSA) is 51.7 Å². The predicted molar refractivity (Wildman–Crippen MR) is 138 cm³/mol. The molecule has 0 radical (unpaired) electrons. The highest BCUT2D eigenvalue weighted by molar-refractivity contribution is 5.89. The highest BCUT2D eigenvalue weighted by atomic mass is 16.6. The Bertz CT molecular complexity index is 1280. The van der Waals surface area contributed by atoms with Crippen LogP contribution in [0.3, 0.4) is 0 Å². The van der Waals surface area contributed by atoms with Crippen molar-refractivity contribution in [3.63, 3.8) is 0 Å². The van der Waals surface area contributed by atoms with Gasteiger partial charge in [-0.25, -0.2) is 4.79 Å². The molecule has 3 heterocycles. The van der Waals surface area contributed by atoms with Crippen LogP contribution in [-0.4, -0.2) is 40.3 Å². The average molecular weight is 471 g/mol. The summed E-state index contributed by atoms with van der Waals surface area (Å²) in [5.41, 5.74) is 4.36. The molecule has 1 saturated heterocycles. The van der Waals surface area contributed by atoms with Gasteiger partial charge in [-0.15, -0.1) is 0 Å². The second-order valence-electron chi connectivity index (χ2n) is 11.5. The van der Waals surface area contributed by atoms with Crippen molar-refractivity contribution in [1.29, 1.82) is 0 Å². The number of ether oxygens (including phenoxy) is 2. The number of carbonyl (C=O) groups excluding carboxylic acids is 1. The van der Waals surface area contributed by atoms with Crippen molar-refractivity contribution in [2.45, 2.75) is 76.4 Å². The van der Waals surface area contributed by atoms with Crippen molar-refractivity contribution in [3.05, 3.63) is 59.9 Å². The third-order valence-electron chi connectivity index (χ3n) is 7.66. The van der Waals surface area contributed by atoms with Crippen LogP contribution < -0.4 is 4.74 Å². The van der Waals surface area contributed by atoms with E-state index in [-0.39, 0.29) is 11.7 Å². The average Bonchev–Trinajstić information content (AvgIpc) is 3.68. The first-order valence-corrected chi connectivity index (χ1v) is 13.0. The van der Waals surface area contributed by atoms with Gasteiger partial charge in [-0.3, -0.25) is 4.98 Å². The number of nitrogens with zero attached hydrogens (tertiary/aromatic N) is 2. The number of piperidine rings is 1. The number of carbonyl (C=O) groups is 1. The van der Waals surface area contributed by atoms with Gasteiger partial charge in [-0.2, -0.15) is 0 Å². The monoisotopic (exact) mass is 470 g/mol. The van der Waals surface area contributed by atoms with Crippen LogP contribution in [0, 0.1) is 0 Å². The molecule has 0 unspecified atom stereocenters. The zero-order valence-electron chi connectivity index (χ0n) is 21.0. The minimum Gasteiger partial charge on any atom is -0.487 e. The standard InChI is InChI=1S/C30H34N2O3/c1-29(2,3)35-28(33)32-16-13-30(14-17-32)12-10-24-19-22(7-9-26(24)34-30)21-6-8-25-23(18-21)11-15-31-27(25)20-4-5-20/h6-9,11,15,18-20H,4-5,10,12-14,16-17H2,1-3H3. The summed E-state index contributed by atoms with van der Waals surface area (Å²) < 4.78 is 12.2. The Morgan fingerprint density at radius 3 is 2.51 bits per heavy atom. The summed E-state index contributed by atoms with van der Waals surface area (Å²) in [6.07, 6.45) is 7.93. The van der Waals surface area contributed by atoms with Gasteiger partial charge in [-0.1, -0.05) is 18.2 Å². The smallest absolute Gasteiger partial charge is 0.410 e. The fourth-order valence-electron chi connectivity index (χ4n) is 5.54. The number of amides is 1. The minimum absolute atomic E-state index is 0.178. The van der Waals surface area contributed by atoms with Crippen molar-refractivity contribution >= 4 is 16.9 Å². The molecule has 1 saturated carbocycles. The number of benzene rings is 2. The second kappa shape index (κ2) is 8.25. The lowest BCUT2D eigenvalue weighted by Gasteiger charge is -2.44. The molecule has 0 atom stereocenters. The van der Waals surface area contributed by atoms with Crippen molar-refractivity contribution in [3.8, 4) is 16.9 Å². The fourth-order valence-corrected chi connectivity index (χ4v) is 5.54. The van der Waals surface area contributed by atoms with Gasteiger partial charge in [0.25, 0.3) is 0 Å². The van der Waals surface area contributed by atoms with Crippen LogP contribution in [0.15, 0.2) is 48.7 Å². The van der Waals surface area contributed by atoms with Crippen molar-refractivity contribution in [2.24, 2.45) is 0 Å². The summed E-state index contributed by atoms with van der Waals surface area (Å²) in [4.78, 5) is 18.9. The molecule has 0 N–H and O–H groups in total. The van der Waals surface area contributed by atoms with E-state index in [1.54, 1.807) is 0 Å².